The molecule has 14 nitrogen and oxygen atoms in total. The van der Waals surface area contributed by atoms with E-state index in [1.54, 1.807) is 0 Å². The summed E-state index contributed by atoms with van der Waals surface area (Å²) < 4.78 is 15.1. The van der Waals surface area contributed by atoms with Crippen LogP contribution in [0.1, 0.15) is 20.7 Å². The molecule has 0 saturated carbocycles. The van der Waals surface area contributed by atoms with E-state index in [1.165, 1.54) is 0 Å². The van der Waals surface area contributed by atoms with Crippen LogP contribution >= 0.6 is 0 Å². The first-order valence-electron chi connectivity index (χ1n) is 9.48. The molecule has 14 heteroatoms. The van der Waals surface area contributed by atoms with Crippen molar-refractivity contribution in [2.75, 3.05) is 6.61 Å². The standard InChI is InChI=1S/C20H20O14/c21-8-1-6(2-9(22)13(8)25)18(29)32-5-12-17(15(27)16(28)20(31)33-12)34-19(30)7-3-10(23)14(26)11(24)4-7/h1-4,12,15-17,20-28,31H,5H2/t12-,15-,16-,17-,20-/m1/s1. The van der Waals surface area contributed by atoms with Gasteiger partial charge in [-0.2, -0.15) is 0 Å². The molecule has 1 aliphatic heterocycles. The van der Waals surface area contributed by atoms with Gasteiger partial charge in [0, 0.05) is 0 Å². The Bertz CT molecular complexity index is 1050. The van der Waals surface area contributed by atoms with Gasteiger partial charge >= 0.3 is 11.9 Å². The van der Waals surface area contributed by atoms with Crippen LogP contribution < -0.4 is 0 Å². The third-order valence-electron chi connectivity index (χ3n) is 4.89. The minimum Gasteiger partial charge on any atom is -0.504 e. The van der Waals surface area contributed by atoms with E-state index < -0.39 is 94.9 Å². The Kier molecular flexibility index (Phi) is 6.88. The van der Waals surface area contributed by atoms with Crippen molar-refractivity contribution in [3.05, 3.63) is 35.4 Å². The summed E-state index contributed by atoms with van der Waals surface area (Å²) in [7, 11) is 0. The Labute approximate surface area is 189 Å². The third-order valence-corrected chi connectivity index (χ3v) is 4.89. The van der Waals surface area contributed by atoms with Crippen LogP contribution in [-0.2, 0) is 14.2 Å². The molecule has 0 spiro atoms. The van der Waals surface area contributed by atoms with E-state index in [0.29, 0.717) is 0 Å². The van der Waals surface area contributed by atoms with Gasteiger partial charge < -0.3 is 60.2 Å². The number of hydrogen-bond donors (Lipinski definition) is 9. The zero-order chi connectivity index (χ0) is 25.3. The van der Waals surface area contributed by atoms with Crippen LogP contribution in [0.4, 0.5) is 0 Å². The van der Waals surface area contributed by atoms with Crippen molar-refractivity contribution in [1.29, 1.82) is 0 Å². The highest BCUT2D eigenvalue weighted by molar-refractivity contribution is 5.92. The predicted molar refractivity (Wildman–Crippen MR) is 105 cm³/mol. The van der Waals surface area contributed by atoms with Crippen LogP contribution in [0, 0.1) is 0 Å². The molecule has 1 aliphatic rings. The second-order valence-electron chi connectivity index (χ2n) is 7.24. The van der Waals surface area contributed by atoms with Gasteiger partial charge in [0.25, 0.3) is 0 Å². The van der Waals surface area contributed by atoms with E-state index in [1.807, 2.05) is 0 Å². The second-order valence-corrected chi connectivity index (χ2v) is 7.24. The summed E-state index contributed by atoms with van der Waals surface area (Å²) in [6.07, 6.45) is -9.11. The largest absolute Gasteiger partial charge is 0.504 e. The molecule has 5 atom stereocenters. The molecule has 0 unspecified atom stereocenters. The number of aliphatic hydroxyl groups excluding tert-OH is 3. The highest BCUT2D eigenvalue weighted by Crippen LogP contribution is 2.37. The molecule has 2 aromatic rings. The van der Waals surface area contributed by atoms with Crippen LogP contribution in [0.15, 0.2) is 24.3 Å². The molecular weight excluding hydrogens is 464 g/mol. The number of rotatable bonds is 5. The number of ether oxygens (including phenoxy) is 3. The Balaban J connectivity index is 1.77. The smallest absolute Gasteiger partial charge is 0.338 e. The van der Waals surface area contributed by atoms with Gasteiger partial charge in [0.15, 0.2) is 46.9 Å². The Hall–Kier alpha value is -3.98. The minimum absolute atomic E-state index is 0.395. The lowest BCUT2D eigenvalue weighted by atomic mass is 9.99. The number of hydrogen-bond acceptors (Lipinski definition) is 14. The van der Waals surface area contributed by atoms with E-state index in [4.69, 9.17) is 14.2 Å². The summed E-state index contributed by atoms with van der Waals surface area (Å²) in [5, 5.41) is 86.8. The maximum absolute atomic E-state index is 12.5. The van der Waals surface area contributed by atoms with E-state index in [2.05, 4.69) is 0 Å². The molecule has 0 bridgehead atoms. The van der Waals surface area contributed by atoms with E-state index >= 15 is 0 Å². The van der Waals surface area contributed by atoms with Crippen LogP contribution in [0.25, 0.3) is 0 Å². The van der Waals surface area contributed by atoms with Crippen molar-refractivity contribution in [1.82, 2.24) is 0 Å². The van der Waals surface area contributed by atoms with Gasteiger partial charge in [0.1, 0.15) is 24.9 Å². The predicted octanol–water partition coefficient (Wildman–Crippen LogP) is -1.26. The van der Waals surface area contributed by atoms with Crippen LogP contribution in [-0.4, -0.2) is 95.2 Å². The van der Waals surface area contributed by atoms with Gasteiger partial charge in [-0.15, -0.1) is 0 Å². The first-order valence-corrected chi connectivity index (χ1v) is 9.48. The van der Waals surface area contributed by atoms with Crippen LogP contribution in [0.3, 0.4) is 0 Å². The highest BCUT2D eigenvalue weighted by atomic mass is 16.7. The maximum atomic E-state index is 12.5. The first kappa shape index (κ1) is 24.7. The third kappa shape index (κ3) is 4.84. The number of aliphatic hydroxyl groups is 3. The molecule has 3 rings (SSSR count). The number of esters is 2. The number of aromatic hydroxyl groups is 6. The molecule has 1 saturated heterocycles. The maximum Gasteiger partial charge on any atom is 0.338 e. The molecule has 0 radical (unpaired) electrons. The monoisotopic (exact) mass is 484 g/mol. The lowest BCUT2D eigenvalue weighted by molar-refractivity contribution is -0.285. The van der Waals surface area contributed by atoms with Gasteiger partial charge in [-0.1, -0.05) is 0 Å². The van der Waals surface area contributed by atoms with Crippen molar-refractivity contribution < 1.29 is 69.8 Å². The average Bonchev–Trinajstić information content (AvgIpc) is 2.79. The van der Waals surface area contributed by atoms with Crippen LogP contribution in [0.5, 0.6) is 34.5 Å². The SMILES string of the molecule is O=C(OC[C@H]1O[C@@H](O)[C@H](O)[C@@H](O)[C@@H]1OC(=O)c1cc(O)c(O)c(O)c1)c1cc(O)c(O)c(O)c1. The molecule has 0 aromatic heterocycles. The molecule has 34 heavy (non-hydrogen) atoms. The van der Waals surface area contributed by atoms with E-state index in [-0.39, 0.29) is 0 Å². The fourth-order valence-electron chi connectivity index (χ4n) is 3.08. The fraction of sp³-hybridized carbons (Fsp3) is 0.300. The number of carbonyl (C=O) groups is 2. The summed E-state index contributed by atoms with van der Waals surface area (Å²) in [4.78, 5) is 24.7. The van der Waals surface area contributed by atoms with Gasteiger partial charge in [0.2, 0.25) is 0 Å². The lowest BCUT2D eigenvalue weighted by Gasteiger charge is -2.39. The Morgan fingerprint density at radius 2 is 1.18 bits per heavy atom. The Morgan fingerprint density at radius 3 is 1.65 bits per heavy atom. The number of carbonyl (C=O) groups excluding carboxylic acids is 2. The van der Waals surface area contributed by atoms with Crippen molar-refractivity contribution >= 4 is 11.9 Å². The van der Waals surface area contributed by atoms with Gasteiger partial charge in [0.05, 0.1) is 11.1 Å². The number of phenolic OH excluding ortho intramolecular Hbond substituents is 6. The summed E-state index contributed by atoms with van der Waals surface area (Å²) in [6.45, 7) is -0.772. The minimum atomic E-state index is -1.96. The fourth-order valence-corrected chi connectivity index (χ4v) is 3.08. The van der Waals surface area contributed by atoms with Crippen molar-refractivity contribution in [3.63, 3.8) is 0 Å². The quantitative estimate of drug-likeness (QED) is 0.178. The average molecular weight is 484 g/mol. The molecular formula is C20H20O14. The van der Waals surface area contributed by atoms with Crippen LogP contribution in [0.2, 0.25) is 0 Å². The van der Waals surface area contributed by atoms with Crippen molar-refractivity contribution in [2.24, 2.45) is 0 Å². The molecule has 1 heterocycles. The van der Waals surface area contributed by atoms with Gasteiger partial charge in [-0.25, -0.2) is 9.59 Å². The highest BCUT2D eigenvalue weighted by Gasteiger charge is 2.47. The molecule has 9 N–H and O–H groups in total. The van der Waals surface area contributed by atoms with E-state index in [9.17, 15) is 55.5 Å². The summed E-state index contributed by atoms with van der Waals surface area (Å²) in [6, 6.07) is 3.07. The van der Waals surface area contributed by atoms with Crippen molar-refractivity contribution in [3.8, 4) is 34.5 Å². The molecule has 1 fully saturated rings. The second kappa shape index (κ2) is 9.48. The van der Waals surface area contributed by atoms with Crippen molar-refractivity contribution in [2.45, 2.75) is 30.7 Å². The molecule has 0 aliphatic carbocycles. The van der Waals surface area contributed by atoms with Gasteiger partial charge in [-0.3, -0.25) is 0 Å². The summed E-state index contributed by atoms with van der Waals surface area (Å²) in [5.74, 6) is -7.52. The van der Waals surface area contributed by atoms with E-state index in [0.717, 1.165) is 24.3 Å². The number of phenols is 6. The zero-order valence-electron chi connectivity index (χ0n) is 17.0. The van der Waals surface area contributed by atoms with Gasteiger partial charge in [-0.05, 0) is 24.3 Å². The lowest BCUT2D eigenvalue weighted by Crippen LogP contribution is -2.60. The summed E-state index contributed by atoms with van der Waals surface area (Å²) >= 11 is 0. The molecule has 2 aromatic carbocycles. The Morgan fingerprint density at radius 1 is 0.735 bits per heavy atom. The number of benzene rings is 2. The normalized spacial score (nSPS) is 24.4. The molecule has 184 valence electrons. The molecule has 0 amide bonds. The topological polar surface area (TPSA) is 244 Å². The zero-order valence-corrected chi connectivity index (χ0v) is 17.0. The summed E-state index contributed by atoms with van der Waals surface area (Å²) in [5.41, 5.74) is -0.861. The first-order chi connectivity index (χ1) is 15.9.